The average Bonchev–Trinajstić information content (AvgIpc) is 2.83. The Balaban J connectivity index is 1.85. The highest BCUT2D eigenvalue weighted by atomic mass is 32.2. The fourth-order valence-electron chi connectivity index (χ4n) is 3.08. The van der Waals surface area contributed by atoms with E-state index in [9.17, 15) is 16.8 Å². The lowest BCUT2D eigenvalue weighted by atomic mass is 10.2. The Morgan fingerprint density at radius 1 is 0.788 bits per heavy atom. The molecule has 33 heavy (non-hydrogen) atoms. The molecule has 0 atom stereocenters. The van der Waals surface area contributed by atoms with Gasteiger partial charge in [0.15, 0.2) is 9.84 Å². The summed E-state index contributed by atoms with van der Waals surface area (Å²) < 4.78 is 62.3. The first-order chi connectivity index (χ1) is 15.7. The van der Waals surface area contributed by atoms with Gasteiger partial charge in [0.05, 0.1) is 30.0 Å². The van der Waals surface area contributed by atoms with Crippen LogP contribution < -0.4 is 13.8 Å². The topological polar surface area (TPSA) is 90.0 Å². The van der Waals surface area contributed by atoms with E-state index in [0.29, 0.717) is 17.2 Å². The molecule has 0 unspecified atom stereocenters. The lowest BCUT2D eigenvalue weighted by Crippen LogP contribution is -2.30. The molecule has 0 aliphatic carbocycles. The number of hydrogen-bond acceptors (Lipinski definition) is 6. The largest absolute Gasteiger partial charge is 0.497 e. The second-order valence-corrected chi connectivity index (χ2v) is 11.6. The van der Waals surface area contributed by atoms with Crippen LogP contribution in [0.15, 0.2) is 83.8 Å². The normalized spacial score (nSPS) is 11.7. The van der Waals surface area contributed by atoms with Crippen molar-refractivity contribution in [2.45, 2.75) is 18.4 Å². The van der Waals surface area contributed by atoms with E-state index in [0.717, 1.165) is 5.56 Å². The summed E-state index contributed by atoms with van der Waals surface area (Å²) in [5.41, 5.74) is 1.35. The molecule has 3 aromatic rings. The fraction of sp³-hybridized carbons (Fsp3) is 0.250. The monoisotopic (exact) mass is 489 g/mol. The molecule has 0 aliphatic heterocycles. The molecule has 9 heteroatoms. The Morgan fingerprint density at radius 3 is 1.97 bits per heavy atom. The van der Waals surface area contributed by atoms with Crippen LogP contribution in [0.2, 0.25) is 0 Å². The van der Waals surface area contributed by atoms with Gasteiger partial charge in [-0.25, -0.2) is 16.8 Å². The van der Waals surface area contributed by atoms with Gasteiger partial charge in [0.2, 0.25) is 0 Å². The number of nitrogens with zero attached hydrogens (tertiary/aromatic N) is 1. The van der Waals surface area contributed by atoms with Gasteiger partial charge in [-0.05, 0) is 54.1 Å². The van der Waals surface area contributed by atoms with Crippen molar-refractivity contribution in [2.75, 3.05) is 29.5 Å². The molecule has 0 radical (unpaired) electrons. The quantitative estimate of drug-likeness (QED) is 0.406. The van der Waals surface area contributed by atoms with E-state index in [4.69, 9.17) is 9.47 Å². The van der Waals surface area contributed by atoms with Gasteiger partial charge in [0.1, 0.15) is 18.1 Å². The number of methoxy groups -OCH3 is 1. The molecule has 0 spiro atoms. The molecule has 0 fully saturated rings. The van der Waals surface area contributed by atoms with Gasteiger partial charge in [0, 0.05) is 5.75 Å². The first kappa shape index (κ1) is 24.6. The Hall–Kier alpha value is -3.04. The van der Waals surface area contributed by atoms with E-state index in [1.807, 2.05) is 30.3 Å². The number of sulfone groups is 1. The number of hydrogen-bond donors (Lipinski definition) is 0. The van der Waals surface area contributed by atoms with Gasteiger partial charge >= 0.3 is 0 Å². The van der Waals surface area contributed by atoms with Crippen LogP contribution in [0.25, 0.3) is 0 Å². The van der Waals surface area contributed by atoms with Gasteiger partial charge in [0.25, 0.3) is 10.0 Å². The highest BCUT2D eigenvalue weighted by Crippen LogP contribution is 2.28. The standard InChI is InChI=1S/C24H27NO6S2/c1-3-32(26,27)18-17-31-23-13-15-24(16-14-23)33(28,29)25(19-20-7-5-4-6-8-20)21-9-11-22(30-2)12-10-21/h4-16H,3,17-19H2,1-2H3. The highest BCUT2D eigenvalue weighted by Gasteiger charge is 2.25. The predicted molar refractivity (Wildman–Crippen MR) is 129 cm³/mol. The fourth-order valence-corrected chi connectivity index (χ4v) is 5.16. The van der Waals surface area contributed by atoms with Crippen LogP contribution in [0.5, 0.6) is 11.5 Å². The Bertz CT molecular complexity index is 1240. The molecule has 0 saturated carbocycles. The molecular weight excluding hydrogens is 462 g/mol. The van der Waals surface area contributed by atoms with Crippen LogP contribution in [-0.4, -0.2) is 42.1 Å². The van der Waals surface area contributed by atoms with E-state index in [1.54, 1.807) is 38.3 Å². The minimum absolute atomic E-state index is 0.00818. The molecule has 0 aromatic heterocycles. The molecule has 176 valence electrons. The molecule has 0 saturated heterocycles. The van der Waals surface area contributed by atoms with Gasteiger partial charge in [-0.1, -0.05) is 37.3 Å². The smallest absolute Gasteiger partial charge is 0.264 e. The maximum atomic E-state index is 13.6. The summed E-state index contributed by atoms with van der Waals surface area (Å²) in [4.78, 5) is 0.0998. The number of ether oxygens (including phenoxy) is 2. The van der Waals surface area contributed by atoms with Gasteiger partial charge in [-0.3, -0.25) is 4.31 Å². The average molecular weight is 490 g/mol. The number of rotatable bonds is 11. The second-order valence-electron chi connectivity index (χ2n) is 7.25. The summed E-state index contributed by atoms with van der Waals surface area (Å²) in [6, 6.07) is 22.1. The minimum Gasteiger partial charge on any atom is -0.497 e. The summed E-state index contributed by atoms with van der Waals surface area (Å²) in [6.45, 7) is 1.75. The summed E-state index contributed by atoms with van der Waals surface area (Å²) in [7, 11) is -5.48. The van der Waals surface area contributed by atoms with Crippen molar-refractivity contribution >= 4 is 25.5 Å². The third-order valence-electron chi connectivity index (χ3n) is 5.04. The van der Waals surface area contributed by atoms with Gasteiger partial charge < -0.3 is 9.47 Å². The van der Waals surface area contributed by atoms with Crippen molar-refractivity contribution in [1.82, 2.24) is 0 Å². The SMILES string of the molecule is CCS(=O)(=O)CCOc1ccc(S(=O)(=O)N(Cc2ccccc2)c2ccc(OC)cc2)cc1. The molecule has 7 nitrogen and oxygen atoms in total. The minimum atomic E-state index is -3.90. The first-order valence-electron chi connectivity index (χ1n) is 10.4. The molecule has 0 heterocycles. The van der Waals surface area contributed by atoms with Crippen molar-refractivity contribution in [1.29, 1.82) is 0 Å². The van der Waals surface area contributed by atoms with E-state index in [2.05, 4.69) is 0 Å². The Kier molecular flexibility index (Phi) is 7.99. The lowest BCUT2D eigenvalue weighted by molar-refractivity contribution is 0.340. The third-order valence-corrected chi connectivity index (χ3v) is 8.50. The van der Waals surface area contributed by atoms with E-state index < -0.39 is 19.9 Å². The highest BCUT2D eigenvalue weighted by molar-refractivity contribution is 7.92. The molecular formula is C24H27NO6S2. The molecule has 3 aromatic carbocycles. The lowest BCUT2D eigenvalue weighted by Gasteiger charge is -2.25. The summed E-state index contributed by atoms with van der Waals surface area (Å²) in [5.74, 6) is 0.990. The molecule has 3 rings (SSSR count). The number of sulfonamides is 1. The van der Waals surface area contributed by atoms with Crippen LogP contribution in [0.4, 0.5) is 5.69 Å². The van der Waals surface area contributed by atoms with Crippen LogP contribution >= 0.6 is 0 Å². The molecule has 0 bridgehead atoms. The van der Waals surface area contributed by atoms with E-state index in [-0.39, 0.29) is 29.6 Å². The summed E-state index contributed by atoms with van der Waals surface area (Å²) in [6.07, 6.45) is 0. The number of benzene rings is 3. The molecule has 0 aliphatic rings. The predicted octanol–water partition coefficient (Wildman–Crippen LogP) is 3.90. The van der Waals surface area contributed by atoms with Crippen molar-refractivity contribution in [2.24, 2.45) is 0 Å². The molecule has 0 N–H and O–H groups in total. The first-order valence-corrected chi connectivity index (χ1v) is 13.7. The Morgan fingerprint density at radius 2 is 1.39 bits per heavy atom. The van der Waals surface area contributed by atoms with E-state index in [1.165, 1.54) is 28.6 Å². The van der Waals surface area contributed by atoms with Gasteiger partial charge in [-0.15, -0.1) is 0 Å². The maximum absolute atomic E-state index is 13.6. The zero-order valence-corrected chi connectivity index (χ0v) is 20.2. The van der Waals surface area contributed by atoms with Crippen molar-refractivity contribution < 1.29 is 26.3 Å². The van der Waals surface area contributed by atoms with Crippen LogP contribution in [0.1, 0.15) is 12.5 Å². The summed E-state index contributed by atoms with van der Waals surface area (Å²) >= 11 is 0. The van der Waals surface area contributed by atoms with E-state index >= 15 is 0 Å². The maximum Gasteiger partial charge on any atom is 0.264 e. The summed E-state index contributed by atoms with van der Waals surface area (Å²) in [5, 5.41) is 0. The van der Waals surface area contributed by atoms with Crippen molar-refractivity contribution in [3.63, 3.8) is 0 Å². The Labute approximate surface area is 195 Å². The zero-order valence-electron chi connectivity index (χ0n) is 18.5. The number of anilines is 1. The molecule has 0 amide bonds. The van der Waals surface area contributed by atoms with Crippen molar-refractivity contribution in [3.05, 3.63) is 84.4 Å². The van der Waals surface area contributed by atoms with Crippen LogP contribution in [-0.2, 0) is 26.4 Å². The zero-order chi connectivity index (χ0) is 23.9. The van der Waals surface area contributed by atoms with Gasteiger partial charge in [-0.2, -0.15) is 0 Å². The third kappa shape index (κ3) is 6.49. The van der Waals surface area contributed by atoms with Crippen LogP contribution in [0, 0.1) is 0 Å². The van der Waals surface area contributed by atoms with Crippen molar-refractivity contribution in [3.8, 4) is 11.5 Å². The second kappa shape index (κ2) is 10.7. The van der Waals surface area contributed by atoms with Crippen LogP contribution in [0.3, 0.4) is 0 Å².